The molecule has 2 aliphatic rings. The van der Waals surface area contributed by atoms with Crippen molar-refractivity contribution in [2.75, 3.05) is 4.90 Å². The molecule has 7 aromatic rings. The predicted octanol–water partition coefficient (Wildman–Crippen LogP) is 13.1. The van der Waals surface area contributed by atoms with Gasteiger partial charge in [0.1, 0.15) is 0 Å². The van der Waals surface area contributed by atoms with Crippen molar-refractivity contribution >= 4 is 17.1 Å². The van der Waals surface area contributed by atoms with E-state index in [-0.39, 0.29) is 10.8 Å². The van der Waals surface area contributed by atoms with E-state index in [0.29, 0.717) is 0 Å². The molecule has 0 fully saturated rings. The Hall–Kier alpha value is -5.66. The zero-order chi connectivity index (χ0) is 33.3. The van der Waals surface area contributed by atoms with E-state index in [2.05, 4.69) is 196 Å². The number of anilines is 3. The highest BCUT2D eigenvalue weighted by Crippen LogP contribution is 2.54. The lowest BCUT2D eigenvalue weighted by Gasteiger charge is -2.42. The van der Waals surface area contributed by atoms with E-state index in [1.165, 1.54) is 78.1 Å². The standard InChI is InChI=1S/C48H39N/c1-47(2)41-18-12-11-17-39(41)40-26-21-35(29-42(40)47)34-19-24-38(25-20-34)49-45-27-22-36(32-13-7-5-8-14-32)30-43(45)48(3,4)44-31-37(23-28-46(44)49)33-15-9-6-10-16-33/h5-31H,1-4H3. The third-order valence-corrected chi connectivity index (χ3v) is 11.1. The van der Waals surface area contributed by atoms with E-state index in [1.807, 2.05) is 0 Å². The van der Waals surface area contributed by atoms with E-state index >= 15 is 0 Å². The van der Waals surface area contributed by atoms with Crippen LogP contribution in [0.5, 0.6) is 0 Å². The van der Waals surface area contributed by atoms with Crippen LogP contribution in [-0.4, -0.2) is 0 Å². The zero-order valence-electron chi connectivity index (χ0n) is 28.5. The van der Waals surface area contributed by atoms with Crippen molar-refractivity contribution in [2.24, 2.45) is 0 Å². The summed E-state index contributed by atoms with van der Waals surface area (Å²) in [4.78, 5) is 2.46. The molecule has 49 heavy (non-hydrogen) atoms. The highest BCUT2D eigenvalue weighted by atomic mass is 15.2. The number of benzene rings is 7. The first kappa shape index (κ1) is 29.5. The molecule has 1 heterocycles. The van der Waals surface area contributed by atoms with Crippen molar-refractivity contribution in [3.63, 3.8) is 0 Å². The second kappa shape index (κ2) is 10.9. The molecule has 9 rings (SSSR count). The molecular weight excluding hydrogens is 591 g/mol. The third kappa shape index (κ3) is 4.60. The number of nitrogens with zero attached hydrogens (tertiary/aromatic N) is 1. The summed E-state index contributed by atoms with van der Waals surface area (Å²) in [5.41, 5.74) is 19.0. The van der Waals surface area contributed by atoms with Gasteiger partial charge in [0.25, 0.3) is 0 Å². The third-order valence-electron chi connectivity index (χ3n) is 11.1. The maximum Gasteiger partial charge on any atom is 0.0503 e. The van der Waals surface area contributed by atoms with Crippen LogP contribution in [-0.2, 0) is 10.8 Å². The zero-order valence-corrected chi connectivity index (χ0v) is 28.5. The number of hydrogen-bond donors (Lipinski definition) is 0. The van der Waals surface area contributed by atoms with Gasteiger partial charge in [-0.2, -0.15) is 0 Å². The van der Waals surface area contributed by atoms with Crippen LogP contribution in [0, 0.1) is 0 Å². The van der Waals surface area contributed by atoms with Crippen molar-refractivity contribution in [3.8, 4) is 44.5 Å². The normalized spacial score (nSPS) is 14.8. The van der Waals surface area contributed by atoms with Gasteiger partial charge < -0.3 is 4.90 Å². The molecule has 1 heteroatoms. The first-order chi connectivity index (χ1) is 23.8. The van der Waals surface area contributed by atoms with Gasteiger partial charge in [-0.05, 0) is 109 Å². The Balaban J connectivity index is 1.16. The van der Waals surface area contributed by atoms with Crippen molar-refractivity contribution in [3.05, 3.63) is 186 Å². The molecular formula is C48H39N. The molecule has 0 spiro atoms. The molecule has 7 aromatic carbocycles. The van der Waals surface area contributed by atoms with E-state index in [9.17, 15) is 0 Å². The van der Waals surface area contributed by atoms with Crippen molar-refractivity contribution in [2.45, 2.75) is 38.5 Å². The van der Waals surface area contributed by atoms with Gasteiger partial charge in [0.15, 0.2) is 0 Å². The lowest BCUT2D eigenvalue weighted by Crippen LogP contribution is -2.30. The maximum absolute atomic E-state index is 2.46. The van der Waals surface area contributed by atoms with E-state index < -0.39 is 0 Å². The van der Waals surface area contributed by atoms with Crippen molar-refractivity contribution < 1.29 is 0 Å². The summed E-state index contributed by atoms with van der Waals surface area (Å²) in [5, 5.41) is 0. The molecule has 0 saturated heterocycles. The molecule has 0 bridgehead atoms. The average molecular weight is 630 g/mol. The van der Waals surface area contributed by atoms with Crippen LogP contribution in [0.3, 0.4) is 0 Å². The second-order valence-corrected chi connectivity index (χ2v) is 14.6. The van der Waals surface area contributed by atoms with Crippen molar-refractivity contribution in [1.82, 2.24) is 0 Å². The minimum Gasteiger partial charge on any atom is -0.310 e. The largest absolute Gasteiger partial charge is 0.310 e. The Morgan fingerprint density at radius 3 is 1.31 bits per heavy atom. The molecule has 1 aliphatic carbocycles. The van der Waals surface area contributed by atoms with Gasteiger partial charge in [0.05, 0.1) is 11.4 Å². The Morgan fingerprint density at radius 1 is 0.327 bits per heavy atom. The first-order valence-corrected chi connectivity index (χ1v) is 17.4. The molecule has 236 valence electrons. The Labute approximate surface area is 290 Å². The SMILES string of the molecule is CC1(C)c2ccccc2-c2ccc(-c3ccc(N4c5ccc(-c6ccccc6)cc5C(C)(C)c5cc(-c6ccccc6)ccc54)cc3)cc21. The Morgan fingerprint density at radius 2 is 0.735 bits per heavy atom. The van der Waals surface area contributed by atoms with Crippen LogP contribution in [0.4, 0.5) is 17.1 Å². The molecule has 0 amide bonds. The quantitative estimate of drug-likeness (QED) is 0.187. The van der Waals surface area contributed by atoms with Gasteiger partial charge in [-0.15, -0.1) is 0 Å². The van der Waals surface area contributed by atoms with E-state index in [1.54, 1.807) is 0 Å². The lowest BCUT2D eigenvalue weighted by atomic mass is 9.72. The van der Waals surface area contributed by atoms with Crippen LogP contribution >= 0.6 is 0 Å². The Bertz CT molecular complexity index is 2270. The minimum atomic E-state index is -0.203. The fourth-order valence-electron chi connectivity index (χ4n) is 8.32. The van der Waals surface area contributed by atoms with Gasteiger partial charge in [0, 0.05) is 16.5 Å². The number of rotatable bonds is 4. The van der Waals surface area contributed by atoms with Gasteiger partial charge in [-0.3, -0.25) is 0 Å². The summed E-state index contributed by atoms with van der Waals surface area (Å²) in [6.07, 6.45) is 0. The van der Waals surface area contributed by atoms with Gasteiger partial charge in [0.2, 0.25) is 0 Å². The second-order valence-electron chi connectivity index (χ2n) is 14.6. The summed E-state index contributed by atoms with van der Waals surface area (Å²) < 4.78 is 0. The monoisotopic (exact) mass is 629 g/mol. The summed E-state index contributed by atoms with van der Waals surface area (Å²) in [6, 6.07) is 60.5. The van der Waals surface area contributed by atoms with Crippen LogP contribution in [0.1, 0.15) is 49.9 Å². The summed E-state index contributed by atoms with van der Waals surface area (Å²) in [6.45, 7) is 9.46. The lowest BCUT2D eigenvalue weighted by molar-refractivity contribution is 0.632. The molecule has 1 nitrogen and oxygen atoms in total. The molecule has 0 atom stereocenters. The maximum atomic E-state index is 2.46. The van der Waals surface area contributed by atoms with E-state index in [0.717, 1.165) is 5.69 Å². The smallest absolute Gasteiger partial charge is 0.0503 e. The predicted molar refractivity (Wildman–Crippen MR) is 207 cm³/mol. The number of fused-ring (bicyclic) bond motifs is 5. The molecule has 1 aliphatic heterocycles. The van der Waals surface area contributed by atoms with E-state index in [4.69, 9.17) is 0 Å². The summed E-state index contributed by atoms with van der Waals surface area (Å²) in [7, 11) is 0. The van der Waals surface area contributed by atoms with Crippen LogP contribution in [0.25, 0.3) is 44.5 Å². The highest BCUT2D eigenvalue weighted by Gasteiger charge is 2.38. The van der Waals surface area contributed by atoms with Gasteiger partial charge >= 0.3 is 0 Å². The molecule has 0 unspecified atom stereocenters. The van der Waals surface area contributed by atoms with Crippen LogP contribution in [0.15, 0.2) is 164 Å². The van der Waals surface area contributed by atoms with Crippen molar-refractivity contribution in [1.29, 1.82) is 0 Å². The molecule has 0 aromatic heterocycles. The highest BCUT2D eigenvalue weighted by molar-refractivity contribution is 5.90. The fourth-order valence-corrected chi connectivity index (χ4v) is 8.32. The van der Waals surface area contributed by atoms with Gasteiger partial charge in [-0.25, -0.2) is 0 Å². The summed E-state index contributed by atoms with van der Waals surface area (Å²) in [5.74, 6) is 0. The fraction of sp³-hybridized carbons (Fsp3) is 0.125. The summed E-state index contributed by atoms with van der Waals surface area (Å²) >= 11 is 0. The Kier molecular flexibility index (Phi) is 6.58. The van der Waals surface area contributed by atoms with Crippen LogP contribution in [0.2, 0.25) is 0 Å². The first-order valence-electron chi connectivity index (χ1n) is 17.4. The number of hydrogen-bond acceptors (Lipinski definition) is 1. The molecule has 0 radical (unpaired) electrons. The minimum absolute atomic E-state index is 0.0207. The topological polar surface area (TPSA) is 3.24 Å². The van der Waals surface area contributed by atoms with Crippen LogP contribution < -0.4 is 4.90 Å². The molecule has 0 N–H and O–H groups in total. The molecule has 0 saturated carbocycles. The average Bonchev–Trinajstić information content (AvgIpc) is 3.38. The van der Waals surface area contributed by atoms with Gasteiger partial charge in [-0.1, -0.05) is 149 Å².